The van der Waals surface area contributed by atoms with Crippen LogP contribution in [0.4, 0.5) is 0 Å². The smallest absolute Gasteiger partial charge is 0.123 e. The highest BCUT2D eigenvalue weighted by atomic mass is 15.2. The molecule has 2 rings (SSSR count). The van der Waals surface area contributed by atoms with Crippen molar-refractivity contribution >= 4 is 0 Å². The van der Waals surface area contributed by atoms with Crippen molar-refractivity contribution in [2.75, 3.05) is 0 Å². The van der Waals surface area contributed by atoms with Gasteiger partial charge < -0.3 is 0 Å². The van der Waals surface area contributed by atoms with Gasteiger partial charge in [0.15, 0.2) is 0 Å². The van der Waals surface area contributed by atoms with E-state index in [2.05, 4.69) is 23.2 Å². The lowest BCUT2D eigenvalue weighted by molar-refractivity contribution is 1.04. The van der Waals surface area contributed by atoms with E-state index in [1.165, 1.54) is 0 Å². The molecule has 0 aliphatic rings. The van der Waals surface area contributed by atoms with Crippen LogP contribution in [0.2, 0.25) is 0 Å². The topological polar surface area (TPSA) is 54.5 Å². The minimum atomic E-state index is 0.647. The van der Waals surface area contributed by atoms with Crippen LogP contribution in [0.3, 0.4) is 0 Å². The summed E-state index contributed by atoms with van der Waals surface area (Å²) in [4.78, 5) is 0. The first kappa shape index (κ1) is 9.41. The first-order valence-corrected chi connectivity index (χ1v) is 4.73. The molecule has 2 aromatic rings. The van der Waals surface area contributed by atoms with Crippen molar-refractivity contribution in [1.82, 2.24) is 14.8 Å². The predicted octanol–water partition coefficient (Wildman–Crippen LogP) is 1.70. The molecule has 0 saturated heterocycles. The van der Waals surface area contributed by atoms with Crippen LogP contribution in [-0.4, -0.2) is 14.8 Å². The highest BCUT2D eigenvalue weighted by molar-refractivity contribution is 5.50. The Morgan fingerprint density at radius 1 is 1.33 bits per heavy atom. The molecule has 15 heavy (non-hydrogen) atoms. The molecule has 74 valence electrons. The summed E-state index contributed by atoms with van der Waals surface area (Å²) in [5, 5.41) is 16.5. The number of aryl methyl sites for hydroxylation is 1. The van der Waals surface area contributed by atoms with Crippen LogP contribution in [0, 0.1) is 11.3 Å². The fraction of sp³-hybridized carbons (Fsp3) is 0.182. The van der Waals surface area contributed by atoms with Crippen molar-refractivity contribution in [3.8, 4) is 11.8 Å². The molecule has 0 amide bonds. The second kappa shape index (κ2) is 3.93. The van der Waals surface area contributed by atoms with E-state index >= 15 is 0 Å². The van der Waals surface area contributed by atoms with Crippen LogP contribution >= 0.6 is 0 Å². The van der Waals surface area contributed by atoms with Gasteiger partial charge in [0.05, 0.1) is 11.3 Å². The van der Waals surface area contributed by atoms with Crippen molar-refractivity contribution in [2.24, 2.45) is 0 Å². The molecule has 4 heteroatoms. The molecule has 0 aliphatic carbocycles. The highest BCUT2D eigenvalue weighted by Crippen LogP contribution is 2.15. The number of nitriles is 1. The zero-order valence-corrected chi connectivity index (χ0v) is 8.38. The van der Waals surface area contributed by atoms with E-state index in [9.17, 15) is 0 Å². The third-order valence-corrected chi connectivity index (χ3v) is 2.29. The zero-order valence-electron chi connectivity index (χ0n) is 8.38. The number of nitrogens with zero attached hydrogens (tertiary/aromatic N) is 4. The Morgan fingerprint density at radius 3 is 2.67 bits per heavy atom. The maximum atomic E-state index is 9.03. The standard InChI is InChI=1S/C11H10N4/c1-2-9-3-4-11(10(5-9)6-12)15-7-13-14-8-15/h3-5,7-8H,2H2,1H3. The Hall–Kier alpha value is -2.15. The lowest BCUT2D eigenvalue weighted by atomic mass is 10.1. The van der Waals surface area contributed by atoms with Crippen molar-refractivity contribution in [1.29, 1.82) is 5.26 Å². The third-order valence-electron chi connectivity index (χ3n) is 2.29. The summed E-state index contributed by atoms with van der Waals surface area (Å²) in [6.07, 6.45) is 4.10. The Balaban J connectivity index is 2.54. The summed E-state index contributed by atoms with van der Waals surface area (Å²) < 4.78 is 1.73. The first-order valence-electron chi connectivity index (χ1n) is 4.73. The maximum absolute atomic E-state index is 9.03. The van der Waals surface area contributed by atoms with E-state index in [0.717, 1.165) is 17.7 Å². The van der Waals surface area contributed by atoms with Gasteiger partial charge in [-0.15, -0.1) is 10.2 Å². The lowest BCUT2D eigenvalue weighted by Crippen LogP contribution is -1.95. The lowest BCUT2D eigenvalue weighted by Gasteiger charge is -2.05. The maximum Gasteiger partial charge on any atom is 0.123 e. The van der Waals surface area contributed by atoms with Gasteiger partial charge in [0, 0.05) is 0 Å². The SMILES string of the molecule is CCc1ccc(-n2cnnc2)c(C#N)c1. The number of aromatic nitrogens is 3. The molecule has 0 N–H and O–H groups in total. The average molecular weight is 198 g/mol. The molecular weight excluding hydrogens is 188 g/mol. The van der Waals surface area contributed by atoms with Crippen LogP contribution in [0.25, 0.3) is 5.69 Å². The summed E-state index contributed by atoms with van der Waals surface area (Å²) in [7, 11) is 0. The van der Waals surface area contributed by atoms with E-state index in [1.807, 2.05) is 18.2 Å². The van der Waals surface area contributed by atoms with Gasteiger partial charge >= 0.3 is 0 Å². The minimum Gasteiger partial charge on any atom is -0.287 e. The molecule has 1 aromatic heterocycles. The molecule has 0 radical (unpaired) electrons. The van der Waals surface area contributed by atoms with E-state index in [4.69, 9.17) is 5.26 Å². The van der Waals surface area contributed by atoms with Gasteiger partial charge in [-0.25, -0.2) is 0 Å². The summed E-state index contributed by atoms with van der Waals surface area (Å²) in [6.45, 7) is 2.06. The zero-order chi connectivity index (χ0) is 10.7. The Kier molecular flexibility index (Phi) is 2.46. The normalized spacial score (nSPS) is 9.87. The van der Waals surface area contributed by atoms with Gasteiger partial charge in [-0.2, -0.15) is 5.26 Å². The van der Waals surface area contributed by atoms with Crippen LogP contribution in [0.5, 0.6) is 0 Å². The molecular formula is C11H10N4. The number of rotatable bonds is 2. The monoisotopic (exact) mass is 198 g/mol. The minimum absolute atomic E-state index is 0.647. The van der Waals surface area contributed by atoms with Crippen molar-refractivity contribution in [2.45, 2.75) is 13.3 Å². The second-order valence-corrected chi connectivity index (χ2v) is 3.19. The van der Waals surface area contributed by atoms with Gasteiger partial charge in [0.1, 0.15) is 18.7 Å². The van der Waals surface area contributed by atoms with E-state index in [1.54, 1.807) is 17.2 Å². The largest absolute Gasteiger partial charge is 0.287 e. The van der Waals surface area contributed by atoms with Gasteiger partial charge in [-0.05, 0) is 24.1 Å². The fourth-order valence-corrected chi connectivity index (χ4v) is 1.44. The molecule has 0 fully saturated rings. The summed E-state index contributed by atoms with van der Waals surface area (Å²) in [5.74, 6) is 0. The highest BCUT2D eigenvalue weighted by Gasteiger charge is 2.04. The Labute approximate surface area is 87.8 Å². The molecule has 0 atom stereocenters. The van der Waals surface area contributed by atoms with Crippen LogP contribution in [0.1, 0.15) is 18.1 Å². The molecule has 0 saturated carbocycles. The molecule has 0 aliphatic heterocycles. The van der Waals surface area contributed by atoms with Crippen LogP contribution in [-0.2, 0) is 6.42 Å². The quantitative estimate of drug-likeness (QED) is 0.738. The molecule has 1 heterocycles. The third kappa shape index (κ3) is 1.72. The molecule has 4 nitrogen and oxygen atoms in total. The van der Waals surface area contributed by atoms with Gasteiger partial charge in [0.25, 0.3) is 0 Å². The van der Waals surface area contributed by atoms with E-state index < -0.39 is 0 Å². The van der Waals surface area contributed by atoms with E-state index in [0.29, 0.717) is 5.56 Å². The second-order valence-electron chi connectivity index (χ2n) is 3.19. The van der Waals surface area contributed by atoms with Gasteiger partial charge in [-0.1, -0.05) is 13.0 Å². The summed E-state index contributed by atoms with van der Waals surface area (Å²) in [5.41, 5.74) is 2.62. The molecule has 0 unspecified atom stereocenters. The van der Waals surface area contributed by atoms with Crippen molar-refractivity contribution in [3.63, 3.8) is 0 Å². The number of benzene rings is 1. The molecule has 1 aromatic carbocycles. The Morgan fingerprint density at radius 2 is 2.07 bits per heavy atom. The van der Waals surface area contributed by atoms with Gasteiger partial charge in [0.2, 0.25) is 0 Å². The number of hydrogen-bond donors (Lipinski definition) is 0. The molecule has 0 spiro atoms. The van der Waals surface area contributed by atoms with Gasteiger partial charge in [-0.3, -0.25) is 4.57 Å². The van der Waals surface area contributed by atoms with E-state index in [-0.39, 0.29) is 0 Å². The van der Waals surface area contributed by atoms with Crippen LogP contribution in [0.15, 0.2) is 30.9 Å². The molecule has 0 bridgehead atoms. The average Bonchev–Trinajstić information content (AvgIpc) is 2.81. The van der Waals surface area contributed by atoms with Crippen molar-refractivity contribution < 1.29 is 0 Å². The Bertz CT molecular complexity index is 494. The summed E-state index contributed by atoms with van der Waals surface area (Å²) >= 11 is 0. The van der Waals surface area contributed by atoms with Crippen molar-refractivity contribution in [3.05, 3.63) is 42.0 Å². The first-order chi connectivity index (χ1) is 7.35. The summed E-state index contributed by atoms with van der Waals surface area (Å²) in [6, 6.07) is 8.01. The predicted molar refractivity (Wildman–Crippen MR) is 55.5 cm³/mol. The van der Waals surface area contributed by atoms with Crippen LogP contribution < -0.4 is 0 Å². The number of hydrogen-bond acceptors (Lipinski definition) is 3. The fourth-order valence-electron chi connectivity index (χ4n) is 1.44.